The van der Waals surface area contributed by atoms with Crippen molar-refractivity contribution in [3.63, 3.8) is 0 Å². The normalized spacial score (nSPS) is 6.78. The smallest absolute Gasteiger partial charge is 0.145 e. The van der Waals surface area contributed by atoms with Gasteiger partial charge < -0.3 is 9.83 Å². The molecule has 0 N–H and O–H groups in total. The maximum atomic E-state index is 4.63. The van der Waals surface area contributed by atoms with Crippen molar-refractivity contribution in [2.45, 2.75) is 6.92 Å². The van der Waals surface area contributed by atoms with Gasteiger partial charge in [0, 0.05) is 13.3 Å². The van der Waals surface area contributed by atoms with Crippen molar-refractivity contribution in [3.8, 4) is 12.5 Å². The molecule has 0 bridgehead atoms. The highest BCUT2D eigenvalue weighted by atomic mass is 16.6. The zero-order valence-corrected chi connectivity index (χ0v) is 5.66. The van der Waals surface area contributed by atoms with Crippen molar-refractivity contribution < 1.29 is 4.84 Å². The number of oxime groups is 1. The van der Waals surface area contributed by atoms with Crippen LogP contribution in [0.2, 0.25) is 0 Å². The maximum absolute atomic E-state index is 4.63. The van der Waals surface area contributed by atoms with E-state index in [2.05, 4.69) is 28.1 Å². The van der Waals surface area contributed by atoms with E-state index in [9.17, 15) is 0 Å². The molecule has 0 rings (SSSR count). The van der Waals surface area contributed by atoms with Gasteiger partial charge in [0.25, 0.3) is 0 Å². The molecule has 0 aromatic heterocycles. The van der Waals surface area contributed by atoms with Crippen LogP contribution in [0.1, 0.15) is 6.92 Å². The van der Waals surface area contributed by atoms with Gasteiger partial charge in [-0.15, -0.1) is 0 Å². The molecular formula is C6H10N2O. The topological polar surface area (TPSA) is 34.0 Å². The van der Waals surface area contributed by atoms with Crippen molar-refractivity contribution in [2.24, 2.45) is 10.1 Å². The van der Waals surface area contributed by atoms with E-state index in [1.54, 1.807) is 14.0 Å². The molecule has 0 saturated heterocycles. The first-order valence-corrected chi connectivity index (χ1v) is 2.27. The second-order valence-electron chi connectivity index (χ2n) is 0.889. The number of terminal acetylenes is 1. The molecule has 0 unspecified atom stereocenters. The summed E-state index contributed by atoms with van der Waals surface area (Å²) >= 11 is 0. The Hall–Kier alpha value is -1.30. The summed E-state index contributed by atoms with van der Waals surface area (Å²) in [6, 6.07) is 0. The summed E-state index contributed by atoms with van der Waals surface area (Å²) < 4.78 is 0. The largest absolute Gasteiger partial charge is 0.304 e. The zero-order chi connectivity index (χ0) is 7.54. The van der Waals surface area contributed by atoms with Crippen LogP contribution in [0.5, 0.6) is 0 Å². The molecule has 3 nitrogen and oxygen atoms in total. The molecule has 0 aromatic rings. The number of rotatable bonds is 1. The van der Waals surface area contributed by atoms with Crippen LogP contribution in [0.15, 0.2) is 10.1 Å². The molecule has 0 fully saturated rings. The molecule has 0 aliphatic rings. The Kier molecular flexibility index (Phi) is 18.8. The van der Waals surface area contributed by atoms with E-state index in [0.29, 0.717) is 0 Å². The summed E-state index contributed by atoms with van der Waals surface area (Å²) in [4.78, 5) is 7.33. The lowest BCUT2D eigenvalue weighted by molar-refractivity contribution is 0.301. The highest BCUT2D eigenvalue weighted by Gasteiger charge is 1.53. The average molecular weight is 126 g/mol. The van der Waals surface area contributed by atoms with Crippen LogP contribution in [-0.2, 0) is 4.84 Å². The molecule has 50 valence electrons. The first kappa shape index (κ1) is 10.6. The quantitative estimate of drug-likeness (QED) is 0.292. The van der Waals surface area contributed by atoms with Crippen LogP contribution in [-0.4, -0.2) is 20.0 Å². The van der Waals surface area contributed by atoms with Crippen molar-refractivity contribution in [2.75, 3.05) is 7.05 Å². The van der Waals surface area contributed by atoms with Gasteiger partial charge in [0.2, 0.25) is 0 Å². The molecule has 0 spiro atoms. The summed E-state index contributed by atoms with van der Waals surface area (Å²) in [6.07, 6.45) is 7.97. The monoisotopic (exact) mass is 126 g/mol. The minimum Gasteiger partial charge on any atom is -0.304 e. The van der Waals surface area contributed by atoms with Gasteiger partial charge in [-0.05, 0) is 13.6 Å². The third-order valence-electron chi connectivity index (χ3n) is 0.211. The van der Waals surface area contributed by atoms with E-state index in [0.717, 1.165) is 0 Å². The Morgan fingerprint density at radius 1 is 1.78 bits per heavy atom. The lowest BCUT2D eigenvalue weighted by Crippen LogP contribution is -1.62. The Morgan fingerprint density at radius 2 is 2.22 bits per heavy atom. The molecule has 0 atom stereocenters. The van der Waals surface area contributed by atoms with E-state index in [-0.39, 0.29) is 0 Å². The second kappa shape index (κ2) is 15.9. The van der Waals surface area contributed by atoms with Crippen LogP contribution in [0.3, 0.4) is 0 Å². The SMILES string of the molecule is C#CO/N=C\C.C=NC. The Labute approximate surface area is 55.4 Å². The van der Waals surface area contributed by atoms with Crippen LogP contribution in [0.25, 0.3) is 0 Å². The van der Waals surface area contributed by atoms with E-state index in [1.807, 2.05) is 6.11 Å². The highest BCUT2D eigenvalue weighted by Crippen LogP contribution is 1.62. The fourth-order valence-corrected chi connectivity index (χ4v) is 0.0831. The van der Waals surface area contributed by atoms with Crippen LogP contribution in [0, 0.1) is 12.5 Å². The summed E-state index contributed by atoms with van der Waals surface area (Å²) in [5.74, 6) is 0. The lowest BCUT2D eigenvalue weighted by atomic mass is 10.9. The van der Waals surface area contributed by atoms with Gasteiger partial charge in [-0.2, -0.15) is 0 Å². The molecule has 9 heavy (non-hydrogen) atoms. The summed E-state index contributed by atoms with van der Waals surface area (Å²) in [7, 11) is 1.64. The van der Waals surface area contributed by atoms with Crippen molar-refractivity contribution in [3.05, 3.63) is 0 Å². The first-order chi connectivity index (χ1) is 4.33. The fraction of sp³-hybridized carbons (Fsp3) is 0.333. The Bertz CT molecular complexity index is 113. The van der Waals surface area contributed by atoms with Gasteiger partial charge in [0.15, 0.2) is 0 Å². The van der Waals surface area contributed by atoms with Gasteiger partial charge in [-0.3, -0.25) is 0 Å². The fourth-order valence-electron chi connectivity index (χ4n) is 0.0831. The van der Waals surface area contributed by atoms with Crippen LogP contribution >= 0.6 is 0 Å². The predicted molar refractivity (Wildman–Crippen MR) is 39.6 cm³/mol. The summed E-state index contributed by atoms with van der Waals surface area (Å²) in [5, 5.41) is 3.23. The van der Waals surface area contributed by atoms with E-state index >= 15 is 0 Å². The van der Waals surface area contributed by atoms with Gasteiger partial charge in [-0.1, -0.05) is 11.6 Å². The molecule has 0 amide bonds. The lowest BCUT2D eigenvalue weighted by Gasteiger charge is -1.72. The molecular weight excluding hydrogens is 116 g/mol. The third kappa shape index (κ3) is 51.2. The van der Waals surface area contributed by atoms with Gasteiger partial charge in [0.1, 0.15) is 6.11 Å². The van der Waals surface area contributed by atoms with Crippen LogP contribution in [0.4, 0.5) is 0 Å². The van der Waals surface area contributed by atoms with E-state index in [4.69, 9.17) is 0 Å². The summed E-state index contributed by atoms with van der Waals surface area (Å²) in [5.41, 5.74) is 0. The van der Waals surface area contributed by atoms with Crippen molar-refractivity contribution >= 4 is 12.9 Å². The standard InChI is InChI=1S/C4H5NO.C2H5N/c1-3-5-6-4-2;1-3-2/h2-3H,1H3;1H2,2H3/b5-3-;. The molecule has 3 heteroatoms. The van der Waals surface area contributed by atoms with Crippen molar-refractivity contribution in [1.82, 2.24) is 0 Å². The predicted octanol–water partition coefficient (Wildman–Crippen LogP) is 0.916. The molecule has 0 heterocycles. The molecule has 0 saturated carbocycles. The van der Waals surface area contributed by atoms with E-state index in [1.165, 1.54) is 6.21 Å². The molecule has 0 radical (unpaired) electrons. The van der Waals surface area contributed by atoms with Crippen molar-refractivity contribution in [1.29, 1.82) is 0 Å². The highest BCUT2D eigenvalue weighted by molar-refractivity contribution is 5.52. The van der Waals surface area contributed by atoms with Gasteiger partial charge >= 0.3 is 0 Å². The Morgan fingerprint density at radius 3 is 2.33 bits per heavy atom. The minimum atomic E-state index is 1.47. The number of hydrogen-bond acceptors (Lipinski definition) is 3. The molecule has 0 aliphatic carbocycles. The number of hydrogen-bond donors (Lipinski definition) is 0. The minimum absolute atomic E-state index is 1.47. The summed E-state index contributed by atoms with van der Waals surface area (Å²) in [6.45, 7) is 4.83. The maximum Gasteiger partial charge on any atom is 0.145 e. The Balaban J connectivity index is 0. The number of nitrogens with zero attached hydrogens (tertiary/aromatic N) is 2. The zero-order valence-electron chi connectivity index (χ0n) is 5.66. The van der Waals surface area contributed by atoms with Gasteiger partial charge in [-0.25, -0.2) is 0 Å². The van der Waals surface area contributed by atoms with Crippen LogP contribution < -0.4 is 0 Å². The third-order valence-corrected chi connectivity index (χ3v) is 0.211. The molecule has 0 aliphatic heterocycles. The average Bonchev–Trinajstić information content (AvgIpc) is 1.86. The van der Waals surface area contributed by atoms with Gasteiger partial charge in [0.05, 0.1) is 0 Å². The second-order valence-corrected chi connectivity index (χ2v) is 0.889. The molecule has 0 aromatic carbocycles. The first-order valence-electron chi connectivity index (χ1n) is 2.27. The number of aliphatic imine (C=N–C) groups is 1. The van der Waals surface area contributed by atoms with E-state index < -0.39 is 0 Å².